The van der Waals surface area contributed by atoms with Gasteiger partial charge in [-0.15, -0.1) is 0 Å². The summed E-state index contributed by atoms with van der Waals surface area (Å²) in [4.78, 5) is 23.0. The number of benzene rings is 2. The van der Waals surface area contributed by atoms with Crippen molar-refractivity contribution in [1.82, 2.24) is 0 Å². The fourth-order valence-electron chi connectivity index (χ4n) is 1.80. The Morgan fingerprint density at radius 2 is 1.50 bits per heavy atom. The molecule has 0 aromatic heterocycles. The van der Waals surface area contributed by atoms with Crippen molar-refractivity contribution in [3.8, 4) is 0 Å². The molecule has 18 heavy (non-hydrogen) atoms. The third-order valence-electron chi connectivity index (χ3n) is 2.64. The van der Waals surface area contributed by atoms with Gasteiger partial charge < -0.3 is 5.11 Å². The van der Waals surface area contributed by atoms with Crippen molar-refractivity contribution in [2.45, 2.75) is 6.42 Å². The molecule has 0 radical (unpaired) electrons. The predicted molar refractivity (Wildman–Crippen MR) is 67.7 cm³/mol. The van der Waals surface area contributed by atoms with E-state index in [0.29, 0.717) is 16.7 Å². The highest BCUT2D eigenvalue weighted by Crippen LogP contribution is 2.15. The maximum atomic E-state index is 12.3. The maximum Gasteiger partial charge on any atom is 0.307 e. The number of hydrogen-bond acceptors (Lipinski definition) is 2. The fourth-order valence-corrected chi connectivity index (χ4v) is 1.80. The van der Waals surface area contributed by atoms with Crippen LogP contribution in [0.4, 0.5) is 0 Å². The zero-order valence-corrected chi connectivity index (χ0v) is 9.67. The van der Waals surface area contributed by atoms with Crippen LogP contribution in [0.3, 0.4) is 0 Å². The predicted octanol–water partition coefficient (Wildman–Crippen LogP) is 2.54. The molecule has 0 spiro atoms. The summed E-state index contributed by atoms with van der Waals surface area (Å²) in [6.45, 7) is 0. The average Bonchev–Trinajstić information content (AvgIpc) is 2.39. The molecule has 0 saturated carbocycles. The molecular weight excluding hydrogens is 228 g/mol. The molecule has 3 nitrogen and oxygen atoms in total. The molecule has 2 aromatic carbocycles. The van der Waals surface area contributed by atoms with Crippen LogP contribution in [0.25, 0.3) is 0 Å². The summed E-state index contributed by atoms with van der Waals surface area (Å²) in [6, 6.07) is 15.7. The molecule has 0 atom stereocenters. The van der Waals surface area contributed by atoms with Gasteiger partial charge in [0.25, 0.3) is 0 Å². The number of rotatable bonds is 4. The summed E-state index contributed by atoms with van der Waals surface area (Å²) in [6.07, 6.45) is -0.144. The van der Waals surface area contributed by atoms with E-state index in [1.54, 1.807) is 48.5 Å². The molecule has 1 N–H and O–H groups in total. The van der Waals surface area contributed by atoms with Gasteiger partial charge in [0, 0.05) is 11.1 Å². The molecule has 3 heteroatoms. The standard InChI is InChI=1S/C15H12O3/c16-14(17)10-12-8-4-5-9-13(12)15(18)11-6-2-1-3-7-11/h1-9H,10H2,(H,16,17). The van der Waals surface area contributed by atoms with Gasteiger partial charge in [0.1, 0.15) is 0 Å². The fraction of sp³-hybridized carbons (Fsp3) is 0.0667. The van der Waals surface area contributed by atoms with Crippen LogP contribution < -0.4 is 0 Å². The topological polar surface area (TPSA) is 54.4 Å². The highest BCUT2D eigenvalue weighted by atomic mass is 16.4. The van der Waals surface area contributed by atoms with E-state index in [1.165, 1.54) is 0 Å². The van der Waals surface area contributed by atoms with Gasteiger partial charge in [-0.25, -0.2) is 0 Å². The summed E-state index contributed by atoms with van der Waals surface area (Å²) in [5.41, 5.74) is 1.56. The number of hydrogen-bond donors (Lipinski definition) is 1. The van der Waals surface area contributed by atoms with Crippen LogP contribution in [0, 0.1) is 0 Å². The first-order valence-electron chi connectivity index (χ1n) is 5.58. The lowest BCUT2D eigenvalue weighted by molar-refractivity contribution is -0.136. The minimum atomic E-state index is -0.941. The third-order valence-corrected chi connectivity index (χ3v) is 2.64. The molecule has 0 heterocycles. The van der Waals surface area contributed by atoms with Crippen molar-refractivity contribution in [2.75, 3.05) is 0 Å². The molecule has 0 unspecified atom stereocenters. The first-order chi connectivity index (χ1) is 8.68. The minimum absolute atomic E-state index is 0.144. The Bertz CT molecular complexity index is 573. The summed E-state index contributed by atoms with van der Waals surface area (Å²) in [5.74, 6) is -1.09. The van der Waals surface area contributed by atoms with Crippen molar-refractivity contribution >= 4 is 11.8 Å². The zero-order chi connectivity index (χ0) is 13.0. The van der Waals surface area contributed by atoms with E-state index < -0.39 is 5.97 Å². The zero-order valence-electron chi connectivity index (χ0n) is 9.67. The van der Waals surface area contributed by atoms with Gasteiger partial charge >= 0.3 is 5.97 Å². The lowest BCUT2D eigenvalue weighted by atomic mass is 9.97. The van der Waals surface area contributed by atoms with E-state index in [-0.39, 0.29) is 12.2 Å². The van der Waals surface area contributed by atoms with E-state index in [1.807, 2.05) is 6.07 Å². The van der Waals surface area contributed by atoms with Gasteiger partial charge in [0.15, 0.2) is 5.78 Å². The van der Waals surface area contributed by atoms with Gasteiger partial charge in [-0.05, 0) is 5.56 Å². The van der Waals surface area contributed by atoms with Gasteiger partial charge in [0.05, 0.1) is 6.42 Å². The second-order valence-electron chi connectivity index (χ2n) is 3.92. The SMILES string of the molecule is O=C(O)Cc1ccccc1C(=O)c1ccccc1. The number of aliphatic carboxylic acids is 1. The van der Waals surface area contributed by atoms with Crippen molar-refractivity contribution in [3.05, 3.63) is 71.3 Å². The highest BCUT2D eigenvalue weighted by molar-refractivity contribution is 6.10. The third kappa shape index (κ3) is 2.63. The van der Waals surface area contributed by atoms with Crippen LogP contribution in [-0.2, 0) is 11.2 Å². The quantitative estimate of drug-likeness (QED) is 0.835. The van der Waals surface area contributed by atoms with Crippen LogP contribution >= 0.6 is 0 Å². The Morgan fingerprint density at radius 1 is 0.889 bits per heavy atom. The molecule has 0 amide bonds. The Hall–Kier alpha value is -2.42. The summed E-state index contributed by atoms with van der Waals surface area (Å²) < 4.78 is 0. The van der Waals surface area contributed by atoms with E-state index in [9.17, 15) is 9.59 Å². The first kappa shape index (κ1) is 12.0. The van der Waals surface area contributed by atoms with E-state index in [4.69, 9.17) is 5.11 Å². The lowest BCUT2D eigenvalue weighted by Crippen LogP contribution is -2.09. The Kier molecular flexibility index (Phi) is 3.53. The van der Waals surface area contributed by atoms with Crippen LogP contribution in [0.5, 0.6) is 0 Å². The highest BCUT2D eigenvalue weighted by Gasteiger charge is 2.14. The van der Waals surface area contributed by atoms with Crippen LogP contribution in [-0.4, -0.2) is 16.9 Å². The van der Waals surface area contributed by atoms with Crippen molar-refractivity contribution < 1.29 is 14.7 Å². The number of ketones is 1. The first-order valence-corrected chi connectivity index (χ1v) is 5.58. The largest absolute Gasteiger partial charge is 0.481 e. The Morgan fingerprint density at radius 3 is 2.17 bits per heavy atom. The molecule has 2 rings (SSSR count). The lowest BCUT2D eigenvalue weighted by Gasteiger charge is -2.06. The summed E-state index contributed by atoms with van der Waals surface area (Å²) in [7, 11) is 0. The van der Waals surface area contributed by atoms with Crippen molar-refractivity contribution in [2.24, 2.45) is 0 Å². The second kappa shape index (κ2) is 5.27. The Balaban J connectivity index is 2.39. The van der Waals surface area contributed by atoms with Gasteiger partial charge in [-0.2, -0.15) is 0 Å². The number of carbonyl (C=O) groups is 2. The van der Waals surface area contributed by atoms with Crippen LogP contribution in [0.1, 0.15) is 21.5 Å². The summed E-state index contributed by atoms with van der Waals surface area (Å²) in [5, 5.41) is 8.83. The molecule has 0 fully saturated rings. The molecule has 90 valence electrons. The van der Waals surface area contributed by atoms with Crippen LogP contribution in [0.2, 0.25) is 0 Å². The normalized spacial score (nSPS) is 10.0. The van der Waals surface area contributed by atoms with E-state index >= 15 is 0 Å². The Labute approximate surface area is 105 Å². The molecule has 0 aliphatic heterocycles. The van der Waals surface area contributed by atoms with Crippen molar-refractivity contribution in [3.63, 3.8) is 0 Å². The van der Waals surface area contributed by atoms with Gasteiger partial charge in [-0.1, -0.05) is 54.6 Å². The average molecular weight is 240 g/mol. The maximum absolute atomic E-state index is 12.3. The molecule has 2 aromatic rings. The number of carbonyl (C=O) groups excluding carboxylic acids is 1. The van der Waals surface area contributed by atoms with E-state index in [2.05, 4.69) is 0 Å². The monoisotopic (exact) mass is 240 g/mol. The molecule has 0 aliphatic carbocycles. The van der Waals surface area contributed by atoms with Gasteiger partial charge in [-0.3, -0.25) is 9.59 Å². The van der Waals surface area contributed by atoms with E-state index in [0.717, 1.165) is 0 Å². The second-order valence-corrected chi connectivity index (χ2v) is 3.92. The minimum Gasteiger partial charge on any atom is -0.481 e. The molecule has 0 bridgehead atoms. The van der Waals surface area contributed by atoms with Crippen LogP contribution in [0.15, 0.2) is 54.6 Å². The molecular formula is C15H12O3. The number of carboxylic acid groups (broad SMARTS) is 1. The van der Waals surface area contributed by atoms with Crippen molar-refractivity contribution in [1.29, 1.82) is 0 Å². The summed E-state index contributed by atoms with van der Waals surface area (Å²) >= 11 is 0. The number of carboxylic acids is 1. The molecule has 0 aliphatic rings. The molecule has 0 saturated heterocycles. The smallest absolute Gasteiger partial charge is 0.307 e. The van der Waals surface area contributed by atoms with Gasteiger partial charge in [0.2, 0.25) is 0 Å².